The van der Waals surface area contributed by atoms with Crippen LogP contribution in [-0.2, 0) is 5.75 Å². The van der Waals surface area contributed by atoms with E-state index in [0.717, 1.165) is 11.4 Å². The Balaban J connectivity index is 1.97. The van der Waals surface area contributed by atoms with Gasteiger partial charge in [-0.1, -0.05) is 0 Å². The molecule has 0 atom stereocenters. The van der Waals surface area contributed by atoms with E-state index in [1.165, 1.54) is 10.6 Å². The third-order valence-corrected chi connectivity index (χ3v) is 3.46. The van der Waals surface area contributed by atoms with Gasteiger partial charge < -0.3 is 10.00 Å². The molecule has 2 N–H and O–H groups in total. The van der Waals surface area contributed by atoms with Crippen LogP contribution in [0.3, 0.4) is 0 Å². The number of aromatic nitrogens is 2. The van der Waals surface area contributed by atoms with Crippen molar-refractivity contribution in [2.45, 2.75) is 10.6 Å². The van der Waals surface area contributed by atoms with Crippen molar-refractivity contribution in [3.05, 3.63) is 46.4 Å². The molecule has 0 aliphatic carbocycles. The van der Waals surface area contributed by atoms with E-state index in [2.05, 4.69) is 39.4 Å². The second-order valence-electron chi connectivity index (χ2n) is 3.96. The topological polar surface area (TPSA) is 51.9 Å². The molecule has 0 spiro atoms. The van der Waals surface area contributed by atoms with Gasteiger partial charge >= 0.3 is 0 Å². The second-order valence-corrected chi connectivity index (χ2v) is 5.01. The highest BCUT2D eigenvalue weighted by Gasteiger charge is 2.00. The SMILES string of the molecule is CN(C)c1ccc(SCc2cc(=O)[nH][nH]2)cc1. The first-order chi connectivity index (χ1) is 8.15. The van der Waals surface area contributed by atoms with Crippen LogP contribution in [0.25, 0.3) is 0 Å². The van der Waals surface area contributed by atoms with Gasteiger partial charge in [0.2, 0.25) is 0 Å². The van der Waals surface area contributed by atoms with Gasteiger partial charge in [0.25, 0.3) is 5.56 Å². The van der Waals surface area contributed by atoms with Crippen molar-refractivity contribution >= 4 is 17.4 Å². The molecule has 0 radical (unpaired) electrons. The van der Waals surface area contributed by atoms with Crippen molar-refractivity contribution in [1.82, 2.24) is 10.2 Å². The maximum absolute atomic E-state index is 10.9. The summed E-state index contributed by atoms with van der Waals surface area (Å²) in [6.07, 6.45) is 0. The summed E-state index contributed by atoms with van der Waals surface area (Å²) >= 11 is 1.70. The smallest absolute Gasteiger partial charge is 0.264 e. The van der Waals surface area contributed by atoms with Crippen molar-refractivity contribution in [2.24, 2.45) is 0 Å². The molecule has 90 valence electrons. The summed E-state index contributed by atoms with van der Waals surface area (Å²) in [5, 5.41) is 5.37. The average molecular weight is 249 g/mol. The Bertz CT molecular complexity index is 527. The number of nitrogens with one attached hydrogen (secondary N) is 2. The fourth-order valence-corrected chi connectivity index (χ4v) is 2.26. The number of hydrogen-bond donors (Lipinski definition) is 2. The summed E-state index contributed by atoms with van der Waals surface area (Å²) in [6.45, 7) is 0. The van der Waals surface area contributed by atoms with E-state index in [0.29, 0.717) is 0 Å². The summed E-state index contributed by atoms with van der Waals surface area (Å²) in [5.74, 6) is 0.764. The van der Waals surface area contributed by atoms with Crippen LogP contribution in [0, 0.1) is 0 Å². The van der Waals surface area contributed by atoms with Crippen LogP contribution in [-0.4, -0.2) is 24.3 Å². The monoisotopic (exact) mass is 249 g/mol. The fourth-order valence-electron chi connectivity index (χ4n) is 1.45. The van der Waals surface area contributed by atoms with Gasteiger partial charge in [-0.05, 0) is 24.3 Å². The number of rotatable bonds is 4. The van der Waals surface area contributed by atoms with Crippen LogP contribution in [0.15, 0.2) is 40.0 Å². The molecule has 2 rings (SSSR count). The minimum absolute atomic E-state index is 0.0800. The van der Waals surface area contributed by atoms with Crippen LogP contribution in [0.4, 0.5) is 5.69 Å². The van der Waals surface area contributed by atoms with Crippen molar-refractivity contribution in [3.63, 3.8) is 0 Å². The second kappa shape index (κ2) is 5.14. The Kier molecular flexibility index (Phi) is 3.58. The van der Waals surface area contributed by atoms with Gasteiger partial charge in [-0.25, -0.2) is 0 Å². The van der Waals surface area contributed by atoms with Crippen molar-refractivity contribution in [2.75, 3.05) is 19.0 Å². The standard InChI is InChI=1S/C12H15N3OS/c1-15(2)10-3-5-11(6-4-10)17-8-9-7-12(16)14-13-9/h3-7H,8H2,1-2H3,(H2,13,14,16). The molecule has 0 saturated carbocycles. The van der Waals surface area contributed by atoms with Crippen molar-refractivity contribution < 1.29 is 0 Å². The minimum Gasteiger partial charge on any atom is -0.378 e. The molecule has 1 heterocycles. The first-order valence-electron chi connectivity index (χ1n) is 5.32. The number of nitrogens with zero attached hydrogens (tertiary/aromatic N) is 1. The third-order valence-electron chi connectivity index (χ3n) is 2.40. The average Bonchev–Trinajstić information content (AvgIpc) is 2.73. The Morgan fingerprint density at radius 3 is 2.41 bits per heavy atom. The summed E-state index contributed by atoms with van der Waals surface area (Å²) in [6, 6.07) is 9.93. The van der Waals surface area contributed by atoms with Gasteiger partial charge in [0.1, 0.15) is 0 Å². The molecule has 0 bridgehead atoms. The molecule has 1 aromatic heterocycles. The first-order valence-corrected chi connectivity index (χ1v) is 6.30. The van der Waals surface area contributed by atoms with E-state index in [4.69, 9.17) is 0 Å². The summed E-state index contributed by atoms with van der Waals surface area (Å²) < 4.78 is 0. The molecule has 2 aromatic rings. The third kappa shape index (κ3) is 3.17. The predicted molar refractivity (Wildman–Crippen MR) is 71.7 cm³/mol. The molecule has 17 heavy (non-hydrogen) atoms. The van der Waals surface area contributed by atoms with E-state index < -0.39 is 0 Å². The molecule has 4 nitrogen and oxygen atoms in total. The van der Waals surface area contributed by atoms with Crippen LogP contribution in [0.1, 0.15) is 5.69 Å². The zero-order chi connectivity index (χ0) is 12.3. The normalized spacial score (nSPS) is 10.5. The van der Waals surface area contributed by atoms with Gasteiger partial charge in [0.05, 0.1) is 0 Å². The van der Waals surface area contributed by atoms with E-state index in [9.17, 15) is 4.79 Å². The molecule has 0 aliphatic rings. The van der Waals surface area contributed by atoms with Crippen molar-refractivity contribution in [3.8, 4) is 0 Å². The number of anilines is 1. The molecular weight excluding hydrogens is 234 g/mol. The Hall–Kier alpha value is -1.62. The Labute approximate surface area is 104 Å². The fraction of sp³-hybridized carbons (Fsp3) is 0.250. The zero-order valence-electron chi connectivity index (χ0n) is 9.86. The summed E-state index contributed by atoms with van der Waals surface area (Å²) in [4.78, 5) is 14.2. The lowest BCUT2D eigenvalue weighted by atomic mass is 10.3. The lowest BCUT2D eigenvalue weighted by Crippen LogP contribution is -2.07. The van der Waals surface area contributed by atoms with E-state index in [-0.39, 0.29) is 5.56 Å². The largest absolute Gasteiger partial charge is 0.378 e. The Morgan fingerprint density at radius 2 is 1.88 bits per heavy atom. The summed E-state index contributed by atoms with van der Waals surface area (Å²) in [5.41, 5.74) is 2.02. The number of thioether (sulfide) groups is 1. The van der Waals surface area contributed by atoms with E-state index in [1.807, 2.05) is 14.1 Å². The lowest BCUT2D eigenvalue weighted by Gasteiger charge is -2.12. The van der Waals surface area contributed by atoms with Crippen LogP contribution < -0.4 is 10.5 Å². The predicted octanol–water partition coefficient (Wildman–Crippen LogP) is 2.06. The molecule has 0 aliphatic heterocycles. The van der Waals surface area contributed by atoms with Gasteiger partial charge in [-0.15, -0.1) is 11.8 Å². The number of H-pyrrole nitrogens is 2. The number of hydrogen-bond acceptors (Lipinski definition) is 3. The van der Waals surface area contributed by atoms with Gasteiger partial charge in [0, 0.05) is 42.2 Å². The molecular formula is C12H15N3OS. The highest BCUT2D eigenvalue weighted by Crippen LogP contribution is 2.23. The van der Waals surface area contributed by atoms with Gasteiger partial charge in [0.15, 0.2) is 0 Å². The molecule has 1 aromatic carbocycles. The number of aromatic amines is 2. The van der Waals surface area contributed by atoms with Crippen LogP contribution in [0.2, 0.25) is 0 Å². The van der Waals surface area contributed by atoms with Crippen LogP contribution >= 0.6 is 11.8 Å². The summed E-state index contributed by atoms with van der Waals surface area (Å²) in [7, 11) is 4.04. The highest BCUT2D eigenvalue weighted by molar-refractivity contribution is 7.98. The maximum atomic E-state index is 10.9. The molecule has 0 fully saturated rings. The number of benzene rings is 1. The van der Waals surface area contributed by atoms with Crippen molar-refractivity contribution in [1.29, 1.82) is 0 Å². The lowest BCUT2D eigenvalue weighted by molar-refractivity contribution is 1.01. The maximum Gasteiger partial charge on any atom is 0.264 e. The van der Waals surface area contributed by atoms with Gasteiger partial charge in [-0.2, -0.15) is 0 Å². The van der Waals surface area contributed by atoms with E-state index in [1.54, 1.807) is 17.8 Å². The molecule has 0 unspecified atom stereocenters. The minimum atomic E-state index is -0.0800. The zero-order valence-corrected chi connectivity index (χ0v) is 10.7. The molecule has 5 heteroatoms. The Morgan fingerprint density at radius 1 is 1.18 bits per heavy atom. The van der Waals surface area contributed by atoms with Gasteiger partial charge in [-0.3, -0.25) is 9.89 Å². The quantitative estimate of drug-likeness (QED) is 0.816. The highest BCUT2D eigenvalue weighted by atomic mass is 32.2. The molecule has 0 saturated heterocycles. The van der Waals surface area contributed by atoms with Crippen LogP contribution in [0.5, 0.6) is 0 Å². The molecule has 0 amide bonds. The van der Waals surface area contributed by atoms with E-state index >= 15 is 0 Å². The first kappa shape index (κ1) is 11.9.